The van der Waals surface area contributed by atoms with Crippen LogP contribution >= 0.6 is 23.3 Å². The van der Waals surface area contributed by atoms with E-state index in [1.165, 1.54) is 23.3 Å². The highest BCUT2D eigenvalue weighted by atomic mass is 32.2. The van der Waals surface area contributed by atoms with Crippen LogP contribution in [0.3, 0.4) is 0 Å². The van der Waals surface area contributed by atoms with Gasteiger partial charge >= 0.3 is 0 Å². The third-order valence-electron chi connectivity index (χ3n) is 2.74. The normalized spacial score (nSPS) is 10.5. The zero-order valence-electron chi connectivity index (χ0n) is 11.1. The largest absolute Gasteiger partial charge is 0.306 e. The van der Waals surface area contributed by atoms with Gasteiger partial charge in [-0.2, -0.15) is 9.36 Å². The first-order valence-corrected chi connectivity index (χ1v) is 8.03. The van der Waals surface area contributed by atoms with Crippen molar-refractivity contribution in [2.75, 3.05) is 11.6 Å². The smallest absolute Gasteiger partial charge is 0.257 e. The lowest BCUT2D eigenvalue weighted by molar-refractivity contribution is 0.102. The van der Waals surface area contributed by atoms with Gasteiger partial charge in [-0.3, -0.25) is 10.1 Å². The fraction of sp³-hybridized carbons (Fsp3) is 0.0769. The van der Waals surface area contributed by atoms with Crippen LogP contribution < -0.4 is 5.32 Å². The van der Waals surface area contributed by atoms with Crippen molar-refractivity contribution in [3.63, 3.8) is 0 Å². The molecule has 0 bridgehead atoms. The van der Waals surface area contributed by atoms with Gasteiger partial charge in [0.2, 0.25) is 10.3 Å². The number of anilines is 1. The summed E-state index contributed by atoms with van der Waals surface area (Å²) in [6.45, 7) is 0. The van der Waals surface area contributed by atoms with Gasteiger partial charge in [-0.25, -0.2) is 4.98 Å². The number of benzene rings is 1. The van der Waals surface area contributed by atoms with E-state index in [9.17, 15) is 4.79 Å². The molecule has 3 aromatic rings. The second-order valence-corrected chi connectivity index (χ2v) is 5.58. The van der Waals surface area contributed by atoms with Crippen LogP contribution in [0.15, 0.2) is 48.1 Å². The van der Waals surface area contributed by atoms with Crippen molar-refractivity contribution in [1.82, 2.24) is 18.9 Å². The molecule has 0 saturated heterocycles. The highest BCUT2D eigenvalue weighted by Crippen LogP contribution is 2.18. The van der Waals surface area contributed by atoms with Gasteiger partial charge in [0.25, 0.3) is 5.91 Å². The third-order valence-corrected chi connectivity index (χ3v) is 4.04. The summed E-state index contributed by atoms with van der Waals surface area (Å²) in [5, 5.41) is 3.90. The predicted molar refractivity (Wildman–Crippen MR) is 83.2 cm³/mol. The lowest BCUT2D eigenvalue weighted by Gasteiger charge is -2.04. The molecule has 2 heterocycles. The molecule has 0 fully saturated rings. The van der Waals surface area contributed by atoms with Crippen LogP contribution in [0.5, 0.6) is 0 Å². The minimum absolute atomic E-state index is 0.198. The number of carbonyl (C=O) groups excluding carboxylic acids is 1. The van der Waals surface area contributed by atoms with Gasteiger partial charge in [-0.1, -0.05) is 11.8 Å². The Morgan fingerprint density at radius 1 is 1.33 bits per heavy atom. The summed E-state index contributed by atoms with van der Waals surface area (Å²) in [6, 6.07) is 7.26. The van der Waals surface area contributed by atoms with Crippen molar-refractivity contribution in [3.8, 4) is 5.69 Å². The summed E-state index contributed by atoms with van der Waals surface area (Å²) >= 11 is 2.61. The van der Waals surface area contributed by atoms with E-state index in [1.807, 2.05) is 29.2 Å². The Hall–Kier alpha value is -2.19. The van der Waals surface area contributed by atoms with Gasteiger partial charge in [0.1, 0.15) is 0 Å². The zero-order valence-corrected chi connectivity index (χ0v) is 12.7. The van der Waals surface area contributed by atoms with Gasteiger partial charge < -0.3 is 4.57 Å². The minimum atomic E-state index is -0.198. The number of carbonyl (C=O) groups is 1. The molecule has 2 aromatic heterocycles. The summed E-state index contributed by atoms with van der Waals surface area (Å²) in [6.07, 6.45) is 7.16. The minimum Gasteiger partial charge on any atom is -0.306 e. The monoisotopic (exact) mass is 317 g/mol. The third kappa shape index (κ3) is 3.11. The van der Waals surface area contributed by atoms with Crippen molar-refractivity contribution in [1.29, 1.82) is 0 Å². The first-order chi connectivity index (χ1) is 10.3. The molecule has 0 aliphatic rings. The van der Waals surface area contributed by atoms with Gasteiger partial charge in [0, 0.05) is 35.2 Å². The Morgan fingerprint density at radius 2 is 2.14 bits per heavy atom. The molecule has 8 heteroatoms. The maximum atomic E-state index is 12.1. The quantitative estimate of drug-likeness (QED) is 0.749. The first-order valence-electron chi connectivity index (χ1n) is 6.04. The van der Waals surface area contributed by atoms with Crippen LogP contribution in [0.2, 0.25) is 0 Å². The van der Waals surface area contributed by atoms with Gasteiger partial charge in [-0.05, 0) is 30.5 Å². The summed E-state index contributed by atoms with van der Waals surface area (Å²) in [7, 11) is 0. The molecule has 1 aromatic carbocycles. The number of rotatable bonds is 4. The fourth-order valence-electron chi connectivity index (χ4n) is 1.71. The number of thioether (sulfide) groups is 1. The van der Waals surface area contributed by atoms with E-state index in [1.54, 1.807) is 24.7 Å². The molecule has 1 amide bonds. The van der Waals surface area contributed by atoms with Gasteiger partial charge in [-0.15, -0.1) is 0 Å². The standard InChI is InChI=1S/C13H11N5OS2/c1-20-13-16-12(21-17-13)15-11(19)9-2-4-10(5-3-9)18-7-6-14-8-18/h2-8H,1H3,(H,15,16,17,19). The summed E-state index contributed by atoms with van der Waals surface area (Å²) in [5.41, 5.74) is 1.52. The summed E-state index contributed by atoms with van der Waals surface area (Å²) in [4.78, 5) is 20.3. The van der Waals surface area contributed by atoms with E-state index in [0.717, 1.165) is 5.69 Å². The molecule has 106 valence electrons. The molecular formula is C13H11N5OS2. The lowest BCUT2D eigenvalue weighted by atomic mass is 10.2. The second kappa shape index (κ2) is 6.06. The van der Waals surface area contributed by atoms with Crippen molar-refractivity contribution in [3.05, 3.63) is 48.5 Å². The van der Waals surface area contributed by atoms with Crippen LogP contribution in [0.25, 0.3) is 5.69 Å². The molecule has 0 aliphatic carbocycles. The maximum absolute atomic E-state index is 12.1. The van der Waals surface area contributed by atoms with Crippen LogP contribution in [-0.2, 0) is 0 Å². The number of aromatic nitrogens is 4. The van der Waals surface area contributed by atoms with Crippen LogP contribution in [-0.4, -0.2) is 31.1 Å². The molecule has 0 aliphatic heterocycles. The van der Waals surface area contributed by atoms with Crippen LogP contribution in [0, 0.1) is 0 Å². The molecule has 1 N–H and O–H groups in total. The van der Waals surface area contributed by atoms with Crippen molar-refractivity contribution in [2.24, 2.45) is 0 Å². The van der Waals surface area contributed by atoms with Crippen molar-refractivity contribution < 1.29 is 4.79 Å². The molecule has 0 saturated carbocycles. The number of nitrogens with zero attached hydrogens (tertiary/aromatic N) is 4. The molecule has 0 unspecified atom stereocenters. The van der Waals surface area contributed by atoms with Crippen molar-refractivity contribution in [2.45, 2.75) is 5.16 Å². The molecular weight excluding hydrogens is 306 g/mol. The Labute approximate surface area is 129 Å². The number of amides is 1. The fourth-order valence-corrected chi connectivity index (χ4v) is 2.83. The average Bonchev–Trinajstić information content (AvgIpc) is 3.19. The molecule has 0 spiro atoms. The SMILES string of the molecule is CSc1nsc(NC(=O)c2ccc(-n3ccnc3)cc2)n1. The maximum Gasteiger partial charge on any atom is 0.257 e. The van der Waals surface area contributed by atoms with E-state index in [4.69, 9.17) is 0 Å². The van der Waals surface area contributed by atoms with E-state index in [0.29, 0.717) is 15.9 Å². The summed E-state index contributed by atoms with van der Waals surface area (Å²) < 4.78 is 5.97. The first kappa shape index (κ1) is 13.8. The molecule has 21 heavy (non-hydrogen) atoms. The van der Waals surface area contributed by atoms with E-state index in [2.05, 4.69) is 19.7 Å². The highest BCUT2D eigenvalue weighted by Gasteiger charge is 2.10. The Balaban J connectivity index is 1.73. The number of hydrogen-bond donors (Lipinski definition) is 1. The van der Waals surface area contributed by atoms with Crippen LogP contribution in [0.4, 0.5) is 5.13 Å². The number of nitrogens with one attached hydrogen (secondary N) is 1. The molecule has 3 rings (SSSR count). The zero-order chi connectivity index (χ0) is 14.7. The molecule has 0 radical (unpaired) electrons. The Kier molecular flexibility index (Phi) is 3.98. The molecule has 6 nitrogen and oxygen atoms in total. The van der Waals surface area contributed by atoms with Crippen molar-refractivity contribution >= 4 is 34.3 Å². The van der Waals surface area contributed by atoms with E-state index >= 15 is 0 Å². The summed E-state index contributed by atoms with van der Waals surface area (Å²) in [5.74, 6) is -0.198. The molecule has 0 atom stereocenters. The van der Waals surface area contributed by atoms with Crippen LogP contribution in [0.1, 0.15) is 10.4 Å². The Morgan fingerprint density at radius 3 is 2.76 bits per heavy atom. The predicted octanol–water partition coefficient (Wildman–Crippen LogP) is 2.70. The van der Waals surface area contributed by atoms with Gasteiger partial charge in [0.05, 0.1) is 6.33 Å². The van der Waals surface area contributed by atoms with E-state index in [-0.39, 0.29) is 5.91 Å². The van der Waals surface area contributed by atoms with Gasteiger partial charge in [0.15, 0.2) is 0 Å². The van der Waals surface area contributed by atoms with E-state index < -0.39 is 0 Å². The Bertz CT molecular complexity index is 736. The second-order valence-electron chi connectivity index (χ2n) is 4.06. The highest BCUT2D eigenvalue weighted by molar-refractivity contribution is 7.98. The topological polar surface area (TPSA) is 72.7 Å². The lowest BCUT2D eigenvalue weighted by Crippen LogP contribution is -2.11. The number of hydrogen-bond acceptors (Lipinski definition) is 6. The average molecular weight is 317 g/mol. The number of imidazole rings is 1.